The molecule has 1 N–H and O–H groups in total. The number of hydrogen-bond acceptors (Lipinski definition) is 4. The highest BCUT2D eigenvalue weighted by Crippen LogP contribution is 2.17. The maximum absolute atomic E-state index is 11.2. The molecule has 6 heteroatoms. The summed E-state index contributed by atoms with van der Waals surface area (Å²) in [5, 5.41) is 3.13. The van der Waals surface area contributed by atoms with Gasteiger partial charge in [0.15, 0.2) is 0 Å². The van der Waals surface area contributed by atoms with Crippen molar-refractivity contribution in [3.05, 3.63) is 0 Å². The minimum absolute atomic E-state index is 0. The lowest BCUT2D eigenvalue weighted by Crippen LogP contribution is -2.39. The molecule has 98 valence electrons. The Balaban J connectivity index is 0. The predicted molar refractivity (Wildman–Crippen MR) is 69.6 cm³/mol. The van der Waals surface area contributed by atoms with Crippen LogP contribution >= 0.6 is 24.8 Å². The molecule has 0 aromatic rings. The van der Waals surface area contributed by atoms with Gasteiger partial charge in [0.2, 0.25) is 0 Å². The first-order chi connectivity index (χ1) is 6.77. The zero-order valence-electron chi connectivity index (χ0n) is 9.90. The SMILES string of the molecule is CNCCN1CCC(C(=O)OC)CC1.Cl.Cl. The molecule has 1 aliphatic rings. The lowest BCUT2D eigenvalue weighted by atomic mass is 9.97. The molecule has 0 aromatic heterocycles. The molecule has 16 heavy (non-hydrogen) atoms. The molecule has 0 radical (unpaired) electrons. The number of esters is 1. The van der Waals surface area contributed by atoms with Gasteiger partial charge in [0.25, 0.3) is 0 Å². The molecule has 1 saturated heterocycles. The number of likely N-dealkylation sites (tertiary alicyclic amines) is 1. The number of carbonyl (C=O) groups is 1. The van der Waals surface area contributed by atoms with Crippen LogP contribution in [-0.2, 0) is 9.53 Å². The van der Waals surface area contributed by atoms with Gasteiger partial charge in [-0.1, -0.05) is 0 Å². The van der Waals surface area contributed by atoms with Crippen LogP contribution in [0.4, 0.5) is 0 Å². The van der Waals surface area contributed by atoms with Gasteiger partial charge in [-0.3, -0.25) is 4.79 Å². The smallest absolute Gasteiger partial charge is 0.308 e. The third-order valence-corrected chi connectivity index (χ3v) is 2.80. The standard InChI is InChI=1S/C10H20N2O2.2ClH/c1-11-5-8-12-6-3-9(4-7-12)10(13)14-2;;/h9,11H,3-8H2,1-2H3;2*1H. The maximum Gasteiger partial charge on any atom is 0.308 e. The minimum atomic E-state index is -0.0433. The largest absolute Gasteiger partial charge is 0.469 e. The second-order valence-electron chi connectivity index (χ2n) is 3.74. The highest BCUT2D eigenvalue weighted by molar-refractivity contribution is 5.85. The first-order valence-corrected chi connectivity index (χ1v) is 5.22. The average molecular weight is 273 g/mol. The van der Waals surface area contributed by atoms with Gasteiger partial charge < -0.3 is 15.0 Å². The molecule has 1 rings (SSSR count). The molecule has 0 atom stereocenters. The van der Waals surface area contributed by atoms with Crippen LogP contribution in [0.3, 0.4) is 0 Å². The Morgan fingerprint density at radius 1 is 1.38 bits per heavy atom. The molecular formula is C10H22Cl2N2O2. The van der Waals surface area contributed by atoms with E-state index in [9.17, 15) is 4.79 Å². The van der Waals surface area contributed by atoms with Gasteiger partial charge in [0.05, 0.1) is 13.0 Å². The number of methoxy groups -OCH3 is 1. The average Bonchev–Trinajstić information content (AvgIpc) is 2.26. The zero-order valence-corrected chi connectivity index (χ0v) is 11.5. The lowest BCUT2D eigenvalue weighted by molar-refractivity contribution is -0.147. The lowest BCUT2D eigenvalue weighted by Gasteiger charge is -2.30. The summed E-state index contributed by atoms with van der Waals surface area (Å²) in [5.41, 5.74) is 0. The van der Waals surface area contributed by atoms with Gasteiger partial charge >= 0.3 is 5.97 Å². The summed E-state index contributed by atoms with van der Waals surface area (Å²) >= 11 is 0. The molecule has 0 saturated carbocycles. The third-order valence-electron chi connectivity index (χ3n) is 2.80. The van der Waals surface area contributed by atoms with E-state index in [1.807, 2.05) is 7.05 Å². The molecule has 0 amide bonds. The van der Waals surface area contributed by atoms with E-state index in [0.29, 0.717) is 0 Å². The number of nitrogens with one attached hydrogen (secondary N) is 1. The van der Waals surface area contributed by atoms with E-state index in [4.69, 9.17) is 4.74 Å². The summed E-state index contributed by atoms with van der Waals surface area (Å²) < 4.78 is 4.74. The van der Waals surface area contributed by atoms with E-state index in [1.54, 1.807) is 0 Å². The molecule has 4 nitrogen and oxygen atoms in total. The van der Waals surface area contributed by atoms with E-state index >= 15 is 0 Å². The topological polar surface area (TPSA) is 41.6 Å². The van der Waals surface area contributed by atoms with Crippen molar-refractivity contribution in [2.75, 3.05) is 40.3 Å². The Bertz CT molecular complexity index is 186. The fourth-order valence-corrected chi connectivity index (χ4v) is 1.83. The third kappa shape index (κ3) is 5.89. The van der Waals surface area contributed by atoms with Crippen LogP contribution in [0.15, 0.2) is 0 Å². The molecule has 0 aromatic carbocycles. The minimum Gasteiger partial charge on any atom is -0.469 e. The molecule has 0 unspecified atom stereocenters. The highest BCUT2D eigenvalue weighted by atomic mass is 35.5. The van der Waals surface area contributed by atoms with E-state index < -0.39 is 0 Å². The van der Waals surface area contributed by atoms with Gasteiger partial charge in [-0.25, -0.2) is 0 Å². The van der Waals surface area contributed by atoms with E-state index in [-0.39, 0.29) is 36.7 Å². The number of rotatable bonds is 4. The number of hydrogen-bond donors (Lipinski definition) is 1. The number of likely N-dealkylation sites (N-methyl/N-ethyl adjacent to an activating group) is 1. The van der Waals surface area contributed by atoms with Crippen LogP contribution in [0.1, 0.15) is 12.8 Å². The first-order valence-electron chi connectivity index (χ1n) is 5.22. The number of piperidine rings is 1. The number of ether oxygens (including phenoxy) is 1. The van der Waals surface area contributed by atoms with E-state index in [2.05, 4.69) is 10.2 Å². The van der Waals surface area contributed by atoms with Crippen molar-refractivity contribution in [1.82, 2.24) is 10.2 Å². The van der Waals surface area contributed by atoms with Crippen molar-refractivity contribution in [3.63, 3.8) is 0 Å². The first kappa shape index (κ1) is 18.3. The van der Waals surface area contributed by atoms with Crippen LogP contribution in [-0.4, -0.2) is 51.2 Å². The van der Waals surface area contributed by atoms with E-state index in [1.165, 1.54) is 7.11 Å². The highest BCUT2D eigenvalue weighted by Gasteiger charge is 2.24. The normalized spacial score (nSPS) is 17.1. The van der Waals surface area contributed by atoms with E-state index in [0.717, 1.165) is 39.0 Å². The Morgan fingerprint density at radius 3 is 2.38 bits per heavy atom. The van der Waals surface area contributed by atoms with Crippen LogP contribution < -0.4 is 5.32 Å². The number of halogens is 2. The fraction of sp³-hybridized carbons (Fsp3) is 0.900. The summed E-state index contributed by atoms with van der Waals surface area (Å²) in [6, 6.07) is 0. The Kier molecular flexibility index (Phi) is 11.6. The fourth-order valence-electron chi connectivity index (χ4n) is 1.83. The molecule has 0 spiro atoms. The maximum atomic E-state index is 11.2. The van der Waals surface area contributed by atoms with Gasteiger partial charge in [0.1, 0.15) is 0 Å². The predicted octanol–water partition coefficient (Wildman–Crippen LogP) is 0.934. The van der Waals surface area contributed by atoms with Crippen LogP contribution in [0.25, 0.3) is 0 Å². The quantitative estimate of drug-likeness (QED) is 0.774. The van der Waals surface area contributed by atoms with Crippen molar-refractivity contribution in [3.8, 4) is 0 Å². The second kappa shape index (κ2) is 10.1. The van der Waals surface area contributed by atoms with Crippen molar-refractivity contribution < 1.29 is 9.53 Å². The summed E-state index contributed by atoms with van der Waals surface area (Å²) in [5.74, 6) is 0.0871. The summed E-state index contributed by atoms with van der Waals surface area (Å²) in [4.78, 5) is 13.6. The van der Waals surface area contributed by atoms with Gasteiger partial charge in [-0.05, 0) is 33.0 Å². The van der Waals surface area contributed by atoms with Gasteiger partial charge in [-0.2, -0.15) is 0 Å². The summed E-state index contributed by atoms with van der Waals surface area (Å²) in [6.45, 7) is 4.12. The summed E-state index contributed by atoms with van der Waals surface area (Å²) in [6.07, 6.45) is 1.88. The van der Waals surface area contributed by atoms with Crippen LogP contribution in [0, 0.1) is 5.92 Å². The molecule has 1 heterocycles. The van der Waals surface area contributed by atoms with Crippen molar-refractivity contribution in [2.24, 2.45) is 5.92 Å². The monoisotopic (exact) mass is 272 g/mol. The number of carbonyl (C=O) groups excluding carboxylic acids is 1. The van der Waals surface area contributed by atoms with Crippen LogP contribution in [0.5, 0.6) is 0 Å². The Labute approximate surface area is 110 Å². The van der Waals surface area contributed by atoms with Crippen molar-refractivity contribution in [1.29, 1.82) is 0 Å². The van der Waals surface area contributed by atoms with Gasteiger partial charge in [-0.15, -0.1) is 24.8 Å². The molecule has 0 aliphatic carbocycles. The Morgan fingerprint density at radius 2 is 1.94 bits per heavy atom. The van der Waals surface area contributed by atoms with Crippen LogP contribution in [0.2, 0.25) is 0 Å². The molecular weight excluding hydrogens is 251 g/mol. The van der Waals surface area contributed by atoms with Gasteiger partial charge in [0, 0.05) is 13.1 Å². The Hall–Kier alpha value is -0.0300. The molecule has 1 aliphatic heterocycles. The zero-order chi connectivity index (χ0) is 10.4. The molecule has 1 fully saturated rings. The summed E-state index contributed by atoms with van der Waals surface area (Å²) in [7, 11) is 3.43. The van der Waals surface area contributed by atoms with Crippen molar-refractivity contribution in [2.45, 2.75) is 12.8 Å². The molecule has 0 bridgehead atoms. The number of nitrogens with zero attached hydrogens (tertiary/aromatic N) is 1. The van der Waals surface area contributed by atoms with Crippen molar-refractivity contribution >= 4 is 30.8 Å². The second-order valence-corrected chi connectivity index (χ2v) is 3.74.